The predicted molar refractivity (Wildman–Crippen MR) is 53.4 cm³/mol. The van der Waals surface area contributed by atoms with Crippen molar-refractivity contribution in [2.24, 2.45) is 0 Å². The average molecular weight is 249 g/mol. The molecular weight excluding hydrogens is 233 g/mol. The van der Waals surface area contributed by atoms with Crippen molar-refractivity contribution in [2.75, 3.05) is 6.54 Å². The molecule has 0 fully saturated rings. The van der Waals surface area contributed by atoms with Gasteiger partial charge in [0.1, 0.15) is 0 Å². The van der Waals surface area contributed by atoms with Crippen LogP contribution in [0.4, 0.5) is 0 Å². The zero-order valence-electron chi connectivity index (χ0n) is 9.93. The fourth-order valence-electron chi connectivity index (χ4n) is 0.461. The van der Waals surface area contributed by atoms with Gasteiger partial charge >= 0.3 is 40.0 Å². The van der Waals surface area contributed by atoms with Crippen LogP contribution in [0.25, 0.3) is 0 Å². The van der Waals surface area contributed by atoms with E-state index in [1.807, 2.05) is 0 Å². The molecule has 0 aliphatic rings. The second kappa shape index (κ2) is 12.2. The predicted octanol–water partition coefficient (Wildman–Crippen LogP) is -2.45. The van der Waals surface area contributed by atoms with Crippen LogP contribution < -0.4 is 34.9 Å². The van der Waals surface area contributed by atoms with Gasteiger partial charge in [0, 0.05) is 6.54 Å². The van der Waals surface area contributed by atoms with Crippen molar-refractivity contribution in [2.45, 2.75) is 19.8 Å². The SMILES string of the molecule is C=CC(=O)NCCCC.O=S(=O)(O)O.[H-].[Na+]. The van der Waals surface area contributed by atoms with Gasteiger partial charge in [-0.25, -0.2) is 0 Å². The molecule has 1 amide bonds. The summed E-state index contributed by atoms with van der Waals surface area (Å²) in [5.41, 5.74) is 0. The summed E-state index contributed by atoms with van der Waals surface area (Å²) >= 11 is 0. The molecule has 0 aliphatic carbocycles. The van der Waals surface area contributed by atoms with Gasteiger partial charge < -0.3 is 6.74 Å². The summed E-state index contributed by atoms with van der Waals surface area (Å²) in [4.78, 5) is 10.5. The van der Waals surface area contributed by atoms with Gasteiger partial charge in [0.2, 0.25) is 5.91 Å². The largest absolute Gasteiger partial charge is 1.00 e. The Morgan fingerprint density at radius 3 is 2.20 bits per heavy atom. The Morgan fingerprint density at radius 2 is 1.93 bits per heavy atom. The van der Waals surface area contributed by atoms with Crippen molar-refractivity contribution in [1.29, 1.82) is 0 Å². The molecule has 86 valence electrons. The van der Waals surface area contributed by atoms with Gasteiger partial charge in [-0.05, 0) is 12.5 Å². The molecule has 0 rings (SSSR count). The van der Waals surface area contributed by atoms with Crippen LogP contribution in [-0.4, -0.2) is 30.0 Å². The number of hydrogen-bond donors (Lipinski definition) is 3. The number of rotatable bonds is 4. The Kier molecular flexibility index (Phi) is 16.6. The van der Waals surface area contributed by atoms with Crippen molar-refractivity contribution in [1.82, 2.24) is 5.32 Å². The minimum Gasteiger partial charge on any atom is -1.00 e. The molecule has 0 radical (unpaired) electrons. The minimum absolute atomic E-state index is 0. The molecule has 0 spiro atoms. The van der Waals surface area contributed by atoms with Crippen LogP contribution in [0.2, 0.25) is 0 Å². The first kappa shape index (κ1) is 20.5. The Balaban J connectivity index is -0.0000000904. The molecule has 0 aliphatic heterocycles. The van der Waals surface area contributed by atoms with Crippen molar-refractivity contribution < 1.29 is 53.3 Å². The average Bonchev–Trinajstić information content (AvgIpc) is 2.01. The molecule has 0 aromatic heterocycles. The van der Waals surface area contributed by atoms with Gasteiger partial charge in [-0.15, -0.1) is 0 Å². The number of unbranched alkanes of at least 4 members (excludes halogenated alkanes) is 1. The maximum absolute atomic E-state index is 10.5. The third-order valence-electron chi connectivity index (χ3n) is 1.01. The van der Waals surface area contributed by atoms with E-state index in [4.69, 9.17) is 17.5 Å². The topological polar surface area (TPSA) is 104 Å². The van der Waals surface area contributed by atoms with E-state index in [0.29, 0.717) is 0 Å². The van der Waals surface area contributed by atoms with E-state index in [-0.39, 0.29) is 36.9 Å². The Labute approximate surface area is 113 Å². The fraction of sp³-hybridized carbons (Fsp3) is 0.571. The number of carbonyl (C=O) groups excluding carboxylic acids is 1. The van der Waals surface area contributed by atoms with E-state index in [1.165, 1.54) is 6.08 Å². The smallest absolute Gasteiger partial charge is 1.00 e. The quantitative estimate of drug-likeness (QED) is 0.222. The van der Waals surface area contributed by atoms with E-state index in [2.05, 4.69) is 18.8 Å². The molecule has 0 bridgehead atoms. The van der Waals surface area contributed by atoms with E-state index < -0.39 is 10.4 Å². The number of carbonyl (C=O) groups is 1. The first-order valence-electron chi connectivity index (χ1n) is 3.91. The molecule has 8 heteroatoms. The Bertz CT molecular complexity index is 262. The summed E-state index contributed by atoms with van der Waals surface area (Å²) in [5.74, 6) is -0.0801. The molecule has 0 saturated carbocycles. The van der Waals surface area contributed by atoms with Crippen LogP contribution >= 0.6 is 0 Å². The molecule has 3 N–H and O–H groups in total. The maximum atomic E-state index is 10.5. The second-order valence-corrected chi connectivity index (χ2v) is 3.19. The van der Waals surface area contributed by atoms with E-state index >= 15 is 0 Å². The van der Waals surface area contributed by atoms with Gasteiger partial charge in [-0.3, -0.25) is 13.9 Å². The molecule has 0 unspecified atom stereocenters. The molecule has 0 atom stereocenters. The molecule has 0 saturated heterocycles. The zero-order chi connectivity index (χ0) is 11.6. The van der Waals surface area contributed by atoms with Gasteiger partial charge in [-0.1, -0.05) is 19.9 Å². The van der Waals surface area contributed by atoms with Gasteiger partial charge in [0.25, 0.3) is 0 Å². The van der Waals surface area contributed by atoms with Crippen molar-refractivity contribution in [3.8, 4) is 0 Å². The van der Waals surface area contributed by atoms with Gasteiger partial charge in [-0.2, -0.15) is 8.42 Å². The molecule has 0 aromatic rings. The van der Waals surface area contributed by atoms with Crippen LogP contribution in [-0.2, 0) is 15.2 Å². The summed E-state index contributed by atoms with van der Waals surface area (Å²) in [5, 5.41) is 2.68. The van der Waals surface area contributed by atoms with Crippen LogP contribution in [0, 0.1) is 0 Å². The summed E-state index contributed by atoms with van der Waals surface area (Å²) in [7, 11) is -4.67. The Hall–Kier alpha value is 0.0800. The monoisotopic (exact) mass is 249 g/mol. The van der Waals surface area contributed by atoms with Crippen molar-refractivity contribution in [3.63, 3.8) is 0 Å². The van der Waals surface area contributed by atoms with Crippen LogP contribution in [0.1, 0.15) is 21.2 Å². The summed E-state index contributed by atoms with van der Waals surface area (Å²) in [6, 6.07) is 0. The summed E-state index contributed by atoms with van der Waals surface area (Å²) in [6.45, 7) is 6.18. The maximum Gasteiger partial charge on any atom is 1.00 e. The zero-order valence-corrected chi connectivity index (χ0v) is 11.7. The van der Waals surface area contributed by atoms with E-state index in [9.17, 15) is 4.79 Å². The third-order valence-corrected chi connectivity index (χ3v) is 1.01. The van der Waals surface area contributed by atoms with Crippen molar-refractivity contribution in [3.05, 3.63) is 12.7 Å². The number of hydrogen-bond acceptors (Lipinski definition) is 3. The fourth-order valence-corrected chi connectivity index (χ4v) is 0.461. The summed E-state index contributed by atoms with van der Waals surface area (Å²) in [6.07, 6.45) is 3.44. The summed E-state index contributed by atoms with van der Waals surface area (Å²) < 4.78 is 31.6. The normalized spacial score (nSPS) is 9.00. The Morgan fingerprint density at radius 1 is 1.53 bits per heavy atom. The first-order chi connectivity index (χ1) is 6.31. The molecular formula is C7H16NNaO5S. The van der Waals surface area contributed by atoms with Gasteiger partial charge in [0.05, 0.1) is 0 Å². The first-order valence-corrected chi connectivity index (χ1v) is 5.31. The van der Waals surface area contributed by atoms with Crippen LogP contribution in [0.15, 0.2) is 12.7 Å². The number of amides is 1. The second-order valence-electron chi connectivity index (χ2n) is 2.30. The minimum atomic E-state index is -4.67. The van der Waals surface area contributed by atoms with Crippen molar-refractivity contribution >= 4 is 16.3 Å². The number of nitrogens with one attached hydrogen (secondary N) is 1. The molecule has 0 heterocycles. The van der Waals surface area contributed by atoms with E-state index in [1.54, 1.807) is 0 Å². The third kappa shape index (κ3) is 41.0. The van der Waals surface area contributed by atoms with E-state index in [0.717, 1.165) is 19.4 Å². The standard InChI is InChI=1S/C7H13NO.Na.H2O4S.H/c1-3-5-6-8-7(9)4-2;;1-5(2,3)4;/h4H,2-3,5-6H2,1H3,(H,8,9);;(H2,1,2,3,4);/q;+1;;-1. The molecule has 15 heavy (non-hydrogen) atoms. The van der Waals surface area contributed by atoms with Crippen LogP contribution in [0.5, 0.6) is 0 Å². The molecule has 6 nitrogen and oxygen atoms in total. The van der Waals surface area contributed by atoms with Gasteiger partial charge in [0.15, 0.2) is 0 Å². The molecule has 0 aromatic carbocycles. The van der Waals surface area contributed by atoms with Crippen LogP contribution in [0.3, 0.4) is 0 Å².